The maximum atomic E-state index is 12.2. The molecule has 0 aromatic heterocycles. The zero-order chi connectivity index (χ0) is 21.5. The van der Waals surface area contributed by atoms with Gasteiger partial charge in [-0.3, -0.25) is 9.69 Å². The molecule has 158 valence electrons. The molecule has 0 saturated carbocycles. The number of benzene rings is 2. The van der Waals surface area contributed by atoms with Crippen LogP contribution < -0.4 is 10.1 Å². The van der Waals surface area contributed by atoms with Gasteiger partial charge in [-0.25, -0.2) is 4.79 Å². The van der Waals surface area contributed by atoms with Crippen LogP contribution in [0.2, 0.25) is 0 Å². The van der Waals surface area contributed by atoms with E-state index in [0.29, 0.717) is 0 Å². The molecule has 0 bridgehead atoms. The van der Waals surface area contributed by atoms with Crippen molar-refractivity contribution in [2.75, 3.05) is 45.7 Å². The van der Waals surface area contributed by atoms with E-state index in [-0.39, 0.29) is 11.3 Å². The zero-order valence-electron chi connectivity index (χ0n) is 17.3. The second-order valence-corrected chi connectivity index (χ2v) is 7.32. The number of methoxy groups -OCH3 is 1. The van der Waals surface area contributed by atoms with Gasteiger partial charge in [-0.15, -0.1) is 0 Å². The van der Waals surface area contributed by atoms with Gasteiger partial charge >= 0.3 is 5.97 Å². The van der Waals surface area contributed by atoms with Crippen LogP contribution in [0.5, 0.6) is 5.75 Å². The minimum atomic E-state index is -1.09. The molecule has 1 heterocycles. The number of ether oxygens (including phenoxy) is 1. The minimum absolute atomic E-state index is 0.0502. The second kappa shape index (κ2) is 10.0. The molecule has 0 unspecified atom stereocenters. The quantitative estimate of drug-likeness (QED) is 0.685. The van der Waals surface area contributed by atoms with Crippen LogP contribution in [0.1, 0.15) is 21.5 Å². The third-order valence-electron chi connectivity index (χ3n) is 5.14. The molecule has 1 amide bonds. The van der Waals surface area contributed by atoms with Gasteiger partial charge in [0.15, 0.2) is 0 Å². The van der Waals surface area contributed by atoms with E-state index in [1.165, 1.54) is 12.1 Å². The van der Waals surface area contributed by atoms with Crippen molar-refractivity contribution in [1.29, 1.82) is 0 Å². The van der Waals surface area contributed by atoms with Crippen LogP contribution in [-0.2, 0) is 11.3 Å². The van der Waals surface area contributed by atoms with Crippen LogP contribution in [0.25, 0.3) is 6.08 Å². The van der Waals surface area contributed by atoms with Gasteiger partial charge in [-0.2, -0.15) is 0 Å². The number of nitrogens with zero attached hydrogens (tertiary/aromatic N) is 2. The van der Waals surface area contributed by atoms with Gasteiger partial charge in [0.05, 0.1) is 18.4 Å². The highest BCUT2D eigenvalue weighted by Crippen LogP contribution is 2.23. The maximum absolute atomic E-state index is 12.2. The SMILES string of the molecule is COc1cc(/C=C/C(=O)Nc2ccccc2C(=O)O)ccc1CN1CCN(C)CC1. The molecule has 0 atom stereocenters. The zero-order valence-corrected chi connectivity index (χ0v) is 17.3. The monoisotopic (exact) mass is 409 g/mol. The first-order valence-electron chi connectivity index (χ1n) is 9.85. The summed E-state index contributed by atoms with van der Waals surface area (Å²) in [4.78, 5) is 28.2. The highest BCUT2D eigenvalue weighted by Gasteiger charge is 2.16. The van der Waals surface area contributed by atoms with Gasteiger partial charge in [-0.05, 0) is 36.9 Å². The number of hydrogen-bond acceptors (Lipinski definition) is 5. The van der Waals surface area contributed by atoms with Crippen molar-refractivity contribution in [3.05, 3.63) is 65.2 Å². The lowest BCUT2D eigenvalue weighted by atomic mass is 10.1. The smallest absolute Gasteiger partial charge is 0.337 e. The largest absolute Gasteiger partial charge is 0.496 e. The molecule has 7 heteroatoms. The van der Waals surface area contributed by atoms with Gasteiger partial charge in [0, 0.05) is 44.4 Å². The lowest BCUT2D eigenvalue weighted by Crippen LogP contribution is -2.43. The Balaban J connectivity index is 1.65. The van der Waals surface area contributed by atoms with Crippen LogP contribution in [0.4, 0.5) is 5.69 Å². The van der Waals surface area contributed by atoms with Crippen molar-refractivity contribution in [3.63, 3.8) is 0 Å². The topological polar surface area (TPSA) is 82.1 Å². The molecule has 1 fully saturated rings. The third kappa shape index (κ3) is 5.68. The summed E-state index contributed by atoms with van der Waals surface area (Å²) in [6.45, 7) is 5.00. The number of carbonyl (C=O) groups is 2. The normalized spacial score (nSPS) is 15.3. The van der Waals surface area contributed by atoms with Gasteiger partial charge in [0.2, 0.25) is 5.91 Å². The van der Waals surface area contributed by atoms with Crippen LogP contribution >= 0.6 is 0 Å². The standard InChI is InChI=1S/C23H27N3O4/c1-25-11-13-26(14-12-25)16-18-9-7-17(15-21(18)30-2)8-10-22(27)24-20-6-4-3-5-19(20)23(28)29/h3-10,15H,11-14,16H2,1-2H3,(H,24,27)(H,28,29)/b10-8+. The molecule has 1 aliphatic rings. The molecule has 1 saturated heterocycles. The number of aromatic carboxylic acids is 1. The molecule has 2 aromatic rings. The van der Waals surface area contributed by atoms with Gasteiger partial charge < -0.3 is 20.1 Å². The lowest BCUT2D eigenvalue weighted by molar-refractivity contribution is -0.111. The molecule has 3 rings (SSSR count). The fraction of sp³-hybridized carbons (Fsp3) is 0.304. The van der Waals surface area contributed by atoms with Crippen molar-refractivity contribution < 1.29 is 19.4 Å². The van der Waals surface area contributed by atoms with E-state index in [2.05, 4.69) is 22.2 Å². The number of carboxylic acids is 1. The number of hydrogen-bond donors (Lipinski definition) is 2. The van der Waals surface area contributed by atoms with E-state index in [1.807, 2.05) is 18.2 Å². The Morgan fingerprint density at radius 2 is 1.87 bits per heavy atom. The molecule has 7 nitrogen and oxygen atoms in total. The molecule has 0 spiro atoms. The number of anilines is 1. The van der Waals surface area contributed by atoms with E-state index < -0.39 is 11.9 Å². The number of amides is 1. The Hall–Kier alpha value is -3.16. The summed E-state index contributed by atoms with van der Waals surface area (Å²) in [5.74, 6) is -0.701. The third-order valence-corrected chi connectivity index (χ3v) is 5.14. The summed E-state index contributed by atoms with van der Waals surface area (Å²) in [6.07, 6.45) is 3.06. The minimum Gasteiger partial charge on any atom is -0.496 e. The predicted molar refractivity (Wildman–Crippen MR) is 117 cm³/mol. The fourth-order valence-corrected chi connectivity index (χ4v) is 3.37. The second-order valence-electron chi connectivity index (χ2n) is 7.32. The number of piperazine rings is 1. The number of nitrogens with one attached hydrogen (secondary N) is 1. The lowest BCUT2D eigenvalue weighted by Gasteiger charge is -2.32. The summed E-state index contributed by atoms with van der Waals surface area (Å²) in [7, 11) is 3.78. The summed E-state index contributed by atoms with van der Waals surface area (Å²) >= 11 is 0. The first-order chi connectivity index (χ1) is 14.5. The molecule has 2 N–H and O–H groups in total. The summed E-state index contributed by atoms with van der Waals surface area (Å²) in [5, 5.41) is 11.8. The van der Waals surface area contributed by atoms with Crippen molar-refractivity contribution >= 4 is 23.6 Å². The Kier molecular flexibility index (Phi) is 7.21. The number of para-hydroxylation sites is 1. The summed E-state index contributed by atoms with van der Waals surface area (Å²) in [5.41, 5.74) is 2.25. The molecule has 30 heavy (non-hydrogen) atoms. The van der Waals surface area contributed by atoms with Crippen molar-refractivity contribution in [3.8, 4) is 5.75 Å². The average Bonchev–Trinajstić information content (AvgIpc) is 2.74. The summed E-state index contributed by atoms with van der Waals surface area (Å²) in [6, 6.07) is 12.2. The van der Waals surface area contributed by atoms with Crippen molar-refractivity contribution in [2.45, 2.75) is 6.54 Å². The molecular formula is C23H27N3O4. The first-order valence-corrected chi connectivity index (χ1v) is 9.85. The van der Waals surface area contributed by atoms with E-state index in [1.54, 1.807) is 31.4 Å². The van der Waals surface area contributed by atoms with E-state index in [9.17, 15) is 14.7 Å². The van der Waals surface area contributed by atoms with E-state index in [4.69, 9.17) is 4.74 Å². The van der Waals surface area contributed by atoms with Gasteiger partial charge in [-0.1, -0.05) is 24.3 Å². The number of carboxylic acid groups (broad SMARTS) is 1. The van der Waals surface area contributed by atoms with Gasteiger partial charge in [0.25, 0.3) is 0 Å². The van der Waals surface area contributed by atoms with Gasteiger partial charge in [0.1, 0.15) is 5.75 Å². The fourth-order valence-electron chi connectivity index (χ4n) is 3.37. The molecular weight excluding hydrogens is 382 g/mol. The number of carbonyl (C=O) groups excluding carboxylic acids is 1. The first kappa shape index (κ1) is 21.5. The Morgan fingerprint density at radius 3 is 2.57 bits per heavy atom. The van der Waals surface area contributed by atoms with Crippen LogP contribution in [-0.4, -0.2) is 67.1 Å². The van der Waals surface area contributed by atoms with Crippen LogP contribution in [0, 0.1) is 0 Å². The Labute approximate surface area is 176 Å². The van der Waals surface area contributed by atoms with E-state index >= 15 is 0 Å². The predicted octanol–water partition coefficient (Wildman–Crippen LogP) is 2.79. The van der Waals surface area contributed by atoms with Crippen molar-refractivity contribution in [1.82, 2.24) is 9.80 Å². The Bertz CT molecular complexity index is 934. The Morgan fingerprint density at radius 1 is 1.13 bits per heavy atom. The molecule has 0 aliphatic carbocycles. The van der Waals surface area contributed by atoms with E-state index in [0.717, 1.165) is 49.6 Å². The number of rotatable bonds is 7. The van der Waals surface area contributed by atoms with Crippen molar-refractivity contribution in [2.24, 2.45) is 0 Å². The maximum Gasteiger partial charge on any atom is 0.337 e. The highest BCUT2D eigenvalue weighted by atomic mass is 16.5. The van der Waals surface area contributed by atoms with Crippen LogP contribution in [0.15, 0.2) is 48.5 Å². The highest BCUT2D eigenvalue weighted by molar-refractivity contribution is 6.06. The molecule has 0 radical (unpaired) electrons. The summed E-state index contributed by atoms with van der Waals surface area (Å²) < 4.78 is 5.56. The van der Waals surface area contributed by atoms with Crippen LogP contribution in [0.3, 0.4) is 0 Å². The molecule has 1 aliphatic heterocycles. The molecule has 2 aromatic carbocycles. The average molecular weight is 409 g/mol. The number of likely N-dealkylation sites (N-methyl/N-ethyl adjacent to an activating group) is 1.